The standard InChI is InChI=1S/C27H36N8O/c1-34-16-21(15-33-34)22-17-35(27-25(22)26(28)31-18-32-27)23-12-20(13-24(23)36)14-30-10-5-9-29-11-8-19-6-3-2-4-7-19/h2-4,6-7,15-18,20,23-24,29-30,36H,5,8-14H2,1H3,(H2,28,31,32)/t20-,23?,24+/m0/s1. The van der Waals surface area contributed by atoms with Gasteiger partial charge in [-0.1, -0.05) is 30.3 Å². The first-order chi connectivity index (χ1) is 17.6. The average molecular weight is 489 g/mol. The number of aliphatic hydroxyl groups excluding tert-OH is 1. The molecule has 36 heavy (non-hydrogen) atoms. The first-order valence-corrected chi connectivity index (χ1v) is 12.8. The first kappa shape index (κ1) is 24.4. The summed E-state index contributed by atoms with van der Waals surface area (Å²) in [5, 5.41) is 23.2. The fourth-order valence-electron chi connectivity index (χ4n) is 5.35. The highest BCUT2D eigenvalue weighted by molar-refractivity contribution is 6.00. The van der Waals surface area contributed by atoms with Crippen molar-refractivity contribution in [2.75, 3.05) is 31.9 Å². The lowest BCUT2D eigenvalue weighted by Gasteiger charge is -2.17. The number of fused-ring (bicyclic) bond motifs is 1. The summed E-state index contributed by atoms with van der Waals surface area (Å²) >= 11 is 0. The number of anilines is 1. The highest BCUT2D eigenvalue weighted by atomic mass is 16.3. The lowest BCUT2D eigenvalue weighted by atomic mass is 10.1. The van der Waals surface area contributed by atoms with Gasteiger partial charge in [-0.15, -0.1) is 0 Å². The molecule has 1 fully saturated rings. The van der Waals surface area contributed by atoms with Gasteiger partial charge in [0.25, 0.3) is 0 Å². The van der Waals surface area contributed by atoms with Crippen LogP contribution >= 0.6 is 0 Å². The average Bonchev–Trinajstić information content (AvgIpc) is 3.58. The zero-order valence-electron chi connectivity index (χ0n) is 20.8. The van der Waals surface area contributed by atoms with E-state index in [1.807, 2.05) is 19.4 Å². The van der Waals surface area contributed by atoms with Crippen molar-refractivity contribution >= 4 is 16.9 Å². The molecule has 4 aromatic rings. The van der Waals surface area contributed by atoms with E-state index in [-0.39, 0.29) is 6.04 Å². The second-order valence-corrected chi connectivity index (χ2v) is 9.83. The van der Waals surface area contributed by atoms with Crippen LogP contribution in [0, 0.1) is 5.92 Å². The fourth-order valence-corrected chi connectivity index (χ4v) is 5.35. The van der Waals surface area contributed by atoms with E-state index < -0.39 is 6.10 Å². The molecule has 1 aromatic carbocycles. The third kappa shape index (κ3) is 5.43. The van der Waals surface area contributed by atoms with Crippen LogP contribution in [-0.4, -0.2) is 61.7 Å². The summed E-state index contributed by atoms with van der Waals surface area (Å²) in [4.78, 5) is 8.75. The molecular weight excluding hydrogens is 452 g/mol. The van der Waals surface area contributed by atoms with Crippen LogP contribution in [0.2, 0.25) is 0 Å². The Hall–Kier alpha value is -3.27. The topological polar surface area (TPSA) is 119 Å². The molecule has 1 unspecified atom stereocenters. The van der Waals surface area contributed by atoms with Gasteiger partial charge in [-0.2, -0.15) is 5.10 Å². The molecule has 3 heterocycles. The molecule has 0 spiro atoms. The van der Waals surface area contributed by atoms with Gasteiger partial charge in [0.05, 0.1) is 23.7 Å². The maximum Gasteiger partial charge on any atom is 0.146 e. The molecular formula is C27H36N8O. The van der Waals surface area contributed by atoms with Crippen LogP contribution in [0.5, 0.6) is 0 Å². The van der Waals surface area contributed by atoms with Crippen LogP contribution in [0.15, 0.2) is 55.2 Å². The molecule has 0 saturated heterocycles. The van der Waals surface area contributed by atoms with E-state index in [0.717, 1.165) is 74.0 Å². The molecule has 0 radical (unpaired) electrons. The number of nitrogens with one attached hydrogen (secondary N) is 2. The van der Waals surface area contributed by atoms with Crippen molar-refractivity contribution in [3.05, 3.63) is 60.8 Å². The number of hydrogen-bond acceptors (Lipinski definition) is 7. The zero-order chi connectivity index (χ0) is 24.9. The van der Waals surface area contributed by atoms with E-state index in [1.54, 1.807) is 4.68 Å². The Morgan fingerprint density at radius 3 is 2.69 bits per heavy atom. The summed E-state index contributed by atoms with van der Waals surface area (Å²) in [6.07, 6.45) is 10.7. The van der Waals surface area contributed by atoms with E-state index in [9.17, 15) is 5.11 Å². The molecule has 1 saturated carbocycles. The van der Waals surface area contributed by atoms with Gasteiger partial charge < -0.3 is 26.0 Å². The van der Waals surface area contributed by atoms with E-state index >= 15 is 0 Å². The number of aryl methyl sites for hydroxylation is 1. The predicted octanol–water partition coefficient (Wildman–Crippen LogP) is 2.54. The molecule has 5 N–H and O–H groups in total. The minimum absolute atomic E-state index is 0.0429. The van der Waals surface area contributed by atoms with Gasteiger partial charge >= 0.3 is 0 Å². The van der Waals surface area contributed by atoms with Crippen molar-refractivity contribution in [1.29, 1.82) is 0 Å². The minimum atomic E-state index is -0.426. The van der Waals surface area contributed by atoms with Crippen molar-refractivity contribution in [2.45, 2.75) is 37.8 Å². The number of benzene rings is 1. The number of aliphatic hydroxyl groups is 1. The Labute approximate surface area is 211 Å². The van der Waals surface area contributed by atoms with E-state index in [4.69, 9.17) is 5.73 Å². The van der Waals surface area contributed by atoms with Crippen LogP contribution in [0.25, 0.3) is 22.2 Å². The Bertz CT molecular complexity index is 1270. The lowest BCUT2D eigenvalue weighted by molar-refractivity contribution is 0.136. The molecule has 3 atom stereocenters. The number of hydrogen-bond donors (Lipinski definition) is 4. The monoisotopic (exact) mass is 488 g/mol. The first-order valence-electron chi connectivity index (χ1n) is 12.8. The maximum absolute atomic E-state index is 11.0. The van der Waals surface area contributed by atoms with Gasteiger partial charge in [0.15, 0.2) is 0 Å². The summed E-state index contributed by atoms with van der Waals surface area (Å²) in [6.45, 7) is 3.88. The van der Waals surface area contributed by atoms with Crippen molar-refractivity contribution in [3.63, 3.8) is 0 Å². The van der Waals surface area contributed by atoms with Crippen LogP contribution in [-0.2, 0) is 13.5 Å². The number of nitrogens with two attached hydrogens (primary N) is 1. The largest absolute Gasteiger partial charge is 0.391 e. The van der Waals surface area contributed by atoms with Gasteiger partial charge in [0.1, 0.15) is 17.8 Å². The molecule has 0 aliphatic heterocycles. The van der Waals surface area contributed by atoms with Gasteiger partial charge in [-0.3, -0.25) is 4.68 Å². The molecule has 9 heteroatoms. The molecule has 3 aromatic heterocycles. The predicted molar refractivity (Wildman–Crippen MR) is 142 cm³/mol. The van der Waals surface area contributed by atoms with Crippen molar-refractivity contribution in [2.24, 2.45) is 13.0 Å². The molecule has 0 amide bonds. The lowest BCUT2D eigenvalue weighted by Crippen LogP contribution is -2.26. The Balaban J connectivity index is 1.13. The maximum atomic E-state index is 11.0. The highest BCUT2D eigenvalue weighted by Crippen LogP contribution is 2.40. The number of aromatic nitrogens is 5. The van der Waals surface area contributed by atoms with Gasteiger partial charge in [0, 0.05) is 30.6 Å². The highest BCUT2D eigenvalue weighted by Gasteiger charge is 2.35. The van der Waals surface area contributed by atoms with E-state index in [1.165, 1.54) is 11.9 Å². The molecule has 9 nitrogen and oxygen atoms in total. The number of rotatable bonds is 11. The Morgan fingerprint density at radius 1 is 1.06 bits per heavy atom. The molecule has 0 bridgehead atoms. The van der Waals surface area contributed by atoms with Crippen LogP contribution in [0.3, 0.4) is 0 Å². The Kier molecular flexibility index (Phi) is 7.60. The summed E-state index contributed by atoms with van der Waals surface area (Å²) < 4.78 is 3.86. The smallest absolute Gasteiger partial charge is 0.146 e. The van der Waals surface area contributed by atoms with Crippen LogP contribution in [0.1, 0.15) is 30.9 Å². The van der Waals surface area contributed by atoms with E-state index in [2.05, 4.69) is 66.8 Å². The molecule has 1 aliphatic carbocycles. The normalized spacial score (nSPS) is 19.9. The summed E-state index contributed by atoms with van der Waals surface area (Å²) in [6, 6.07) is 10.5. The zero-order valence-corrected chi connectivity index (χ0v) is 20.8. The SMILES string of the molecule is Cn1cc(-c2cn(C3C[C@H](CNCCCNCCc4ccccc4)C[C@H]3O)c3ncnc(N)c23)cn1. The third-order valence-corrected chi connectivity index (χ3v) is 7.18. The van der Waals surface area contributed by atoms with Crippen molar-refractivity contribution in [3.8, 4) is 11.1 Å². The van der Waals surface area contributed by atoms with Crippen molar-refractivity contribution in [1.82, 2.24) is 34.9 Å². The minimum Gasteiger partial charge on any atom is -0.391 e. The number of nitrogen functional groups attached to an aromatic ring is 1. The van der Waals surface area contributed by atoms with Crippen LogP contribution in [0.4, 0.5) is 5.82 Å². The van der Waals surface area contributed by atoms with E-state index in [0.29, 0.717) is 11.7 Å². The molecule has 5 rings (SSSR count). The van der Waals surface area contributed by atoms with Gasteiger partial charge in [0.2, 0.25) is 0 Å². The fraction of sp³-hybridized carbons (Fsp3) is 0.444. The van der Waals surface area contributed by atoms with Crippen LogP contribution < -0.4 is 16.4 Å². The van der Waals surface area contributed by atoms with Gasteiger partial charge in [-0.25, -0.2) is 9.97 Å². The Morgan fingerprint density at radius 2 is 1.89 bits per heavy atom. The van der Waals surface area contributed by atoms with Crippen molar-refractivity contribution < 1.29 is 5.11 Å². The second kappa shape index (κ2) is 11.2. The van der Waals surface area contributed by atoms with Gasteiger partial charge in [-0.05, 0) is 63.3 Å². The molecule has 1 aliphatic rings. The second-order valence-electron chi connectivity index (χ2n) is 9.83. The quantitative estimate of drug-likeness (QED) is 0.240. The summed E-state index contributed by atoms with van der Waals surface area (Å²) in [5.41, 5.74) is 10.3. The number of nitrogens with zero attached hydrogens (tertiary/aromatic N) is 5. The molecule has 190 valence electrons. The summed E-state index contributed by atoms with van der Waals surface area (Å²) in [7, 11) is 1.89. The summed E-state index contributed by atoms with van der Waals surface area (Å²) in [5.74, 6) is 0.857. The third-order valence-electron chi connectivity index (χ3n) is 7.18.